The summed E-state index contributed by atoms with van der Waals surface area (Å²) in [6, 6.07) is 17.2. The van der Waals surface area contributed by atoms with Crippen LogP contribution >= 0.6 is 0 Å². The number of carbonyl (C=O) groups excluding carboxylic acids is 4. The zero-order valence-electron chi connectivity index (χ0n) is 29.2. The number of nitrogens with zero attached hydrogens (tertiary/aromatic N) is 2. The molecule has 0 aliphatic rings. The van der Waals surface area contributed by atoms with Gasteiger partial charge in [-0.15, -0.1) is 0 Å². The number of hydrogen-bond donors (Lipinski definition) is 5. The van der Waals surface area contributed by atoms with Crippen molar-refractivity contribution in [1.29, 1.82) is 0 Å². The van der Waals surface area contributed by atoms with Crippen LogP contribution in [0.3, 0.4) is 0 Å². The third-order valence-corrected chi connectivity index (χ3v) is 10.0. The first kappa shape index (κ1) is 39.9. The summed E-state index contributed by atoms with van der Waals surface area (Å²) in [5.41, 5.74) is 7.02. The zero-order valence-corrected chi connectivity index (χ0v) is 30.0. The average molecular weight is 711 g/mol. The number of fused-ring (bicyclic) bond motifs is 1. The second kappa shape index (κ2) is 19.0. The minimum Gasteiger partial charge on any atom is -0.399 e. The van der Waals surface area contributed by atoms with Crippen molar-refractivity contribution in [2.75, 3.05) is 39.0 Å². The summed E-state index contributed by atoms with van der Waals surface area (Å²) in [4.78, 5) is 51.4. The Kier molecular flexibility index (Phi) is 15.2. The predicted octanol–water partition coefficient (Wildman–Crippen LogP) is 3.02. The molecule has 0 aliphatic heterocycles. The molecule has 0 saturated heterocycles. The molecule has 13 nitrogen and oxygen atoms in total. The van der Waals surface area contributed by atoms with Crippen LogP contribution in [0.15, 0.2) is 71.6 Å². The van der Waals surface area contributed by atoms with Gasteiger partial charge in [-0.1, -0.05) is 69.7 Å². The Morgan fingerprint density at radius 2 is 1.60 bits per heavy atom. The number of amides is 5. The molecule has 0 bridgehead atoms. The molecule has 0 unspecified atom stereocenters. The number of aliphatic hydroxyl groups is 1. The van der Waals surface area contributed by atoms with Gasteiger partial charge in [0.1, 0.15) is 12.6 Å². The normalized spacial score (nSPS) is 12.8. The lowest BCUT2D eigenvalue weighted by atomic mass is 10.0. The van der Waals surface area contributed by atoms with Crippen LogP contribution in [-0.4, -0.2) is 91.9 Å². The molecule has 0 heterocycles. The molecule has 272 valence electrons. The maximum atomic E-state index is 13.6. The number of hydrogen-bond acceptors (Lipinski definition) is 8. The standard InChI is InChI=1S/C36H50N6O7S/c1-5-33(44)40-36(47)41(4)23-34(45)39-32(21-26-13-14-27-10-6-7-11-28(27)20-26)35(46)38-19-9-8-12-30(24-43)42(22-25(2)3)50(48,49)31-17-15-29(37)16-18-31/h6-7,10-11,13-18,20,25,30,32,43H,5,8-9,12,19,21-24,37H2,1-4H3,(H,38,46)(H,39,45)(H,40,44,47)/t30-,32-/m0/s1. The van der Waals surface area contributed by atoms with Crippen molar-refractivity contribution in [3.8, 4) is 0 Å². The number of benzene rings is 3. The predicted molar refractivity (Wildman–Crippen MR) is 193 cm³/mol. The Labute approximate surface area is 294 Å². The molecule has 2 atom stereocenters. The van der Waals surface area contributed by atoms with Crippen LogP contribution in [-0.2, 0) is 30.8 Å². The fourth-order valence-corrected chi connectivity index (χ4v) is 7.20. The average Bonchev–Trinajstić information content (AvgIpc) is 3.08. The van der Waals surface area contributed by atoms with Crippen molar-refractivity contribution in [2.24, 2.45) is 5.92 Å². The highest BCUT2D eigenvalue weighted by Gasteiger charge is 2.31. The highest BCUT2D eigenvalue weighted by molar-refractivity contribution is 7.89. The first-order valence-electron chi connectivity index (χ1n) is 16.8. The van der Waals surface area contributed by atoms with E-state index in [2.05, 4.69) is 16.0 Å². The minimum atomic E-state index is -3.91. The molecule has 0 radical (unpaired) electrons. The van der Waals surface area contributed by atoms with E-state index in [0.29, 0.717) is 24.9 Å². The van der Waals surface area contributed by atoms with Gasteiger partial charge in [0, 0.05) is 44.7 Å². The number of nitrogens with two attached hydrogens (primary N) is 1. The molecule has 3 aromatic carbocycles. The van der Waals surface area contributed by atoms with E-state index in [1.165, 1.54) is 35.6 Å². The fraction of sp³-hybridized carbons (Fsp3) is 0.444. The molecular weight excluding hydrogens is 660 g/mol. The molecule has 3 aromatic rings. The molecule has 0 spiro atoms. The van der Waals surface area contributed by atoms with Gasteiger partial charge in [-0.05, 0) is 59.4 Å². The van der Waals surface area contributed by atoms with Crippen molar-refractivity contribution in [2.45, 2.75) is 69.9 Å². The third-order valence-electron chi connectivity index (χ3n) is 8.11. The van der Waals surface area contributed by atoms with Crippen molar-refractivity contribution in [3.05, 3.63) is 72.3 Å². The first-order chi connectivity index (χ1) is 23.7. The molecule has 3 rings (SSSR count). The lowest BCUT2D eigenvalue weighted by Gasteiger charge is -2.31. The lowest BCUT2D eigenvalue weighted by molar-refractivity contribution is -0.129. The van der Waals surface area contributed by atoms with Crippen LogP contribution < -0.4 is 21.7 Å². The van der Waals surface area contributed by atoms with E-state index in [1.807, 2.05) is 56.3 Å². The number of sulfonamides is 1. The van der Waals surface area contributed by atoms with E-state index in [1.54, 1.807) is 6.92 Å². The number of nitrogen functional groups attached to an aromatic ring is 1. The number of carbonyl (C=O) groups is 4. The number of likely N-dealkylation sites (N-methyl/N-ethyl adjacent to an activating group) is 1. The largest absolute Gasteiger partial charge is 0.399 e. The number of rotatable bonds is 18. The summed E-state index contributed by atoms with van der Waals surface area (Å²) in [5.74, 6) is -1.47. The summed E-state index contributed by atoms with van der Waals surface area (Å²) >= 11 is 0. The lowest BCUT2D eigenvalue weighted by Crippen LogP contribution is -2.52. The Morgan fingerprint density at radius 1 is 0.920 bits per heavy atom. The van der Waals surface area contributed by atoms with Crippen LogP contribution in [0.1, 0.15) is 52.0 Å². The van der Waals surface area contributed by atoms with E-state index in [0.717, 1.165) is 21.2 Å². The van der Waals surface area contributed by atoms with Crippen LogP contribution in [0, 0.1) is 5.92 Å². The van der Waals surface area contributed by atoms with E-state index < -0.39 is 45.9 Å². The van der Waals surface area contributed by atoms with Gasteiger partial charge < -0.3 is 26.4 Å². The third kappa shape index (κ3) is 11.8. The quantitative estimate of drug-likeness (QED) is 0.0983. The van der Waals surface area contributed by atoms with E-state index >= 15 is 0 Å². The van der Waals surface area contributed by atoms with Gasteiger partial charge >= 0.3 is 6.03 Å². The SMILES string of the molecule is CCC(=O)NC(=O)N(C)CC(=O)N[C@@H](Cc1ccc2ccccc2c1)C(=O)NCCCC[C@@H](CO)N(CC(C)C)S(=O)(=O)c1ccc(N)cc1. The molecule has 5 amide bonds. The van der Waals surface area contributed by atoms with Crippen molar-refractivity contribution < 1.29 is 32.7 Å². The maximum absolute atomic E-state index is 13.6. The summed E-state index contributed by atoms with van der Waals surface area (Å²) in [7, 11) is -2.53. The minimum absolute atomic E-state index is 0.00893. The molecule has 0 saturated carbocycles. The second-order valence-electron chi connectivity index (χ2n) is 12.7. The highest BCUT2D eigenvalue weighted by atomic mass is 32.2. The van der Waals surface area contributed by atoms with Crippen LogP contribution in [0.25, 0.3) is 10.8 Å². The van der Waals surface area contributed by atoms with Gasteiger partial charge in [-0.3, -0.25) is 19.7 Å². The monoisotopic (exact) mass is 710 g/mol. The number of imide groups is 1. The summed E-state index contributed by atoms with van der Waals surface area (Å²) < 4.78 is 28.4. The fourth-order valence-electron chi connectivity index (χ4n) is 5.39. The van der Waals surface area contributed by atoms with Crippen molar-refractivity contribution >= 4 is 50.2 Å². The van der Waals surface area contributed by atoms with Crippen LogP contribution in [0.4, 0.5) is 10.5 Å². The molecule has 50 heavy (non-hydrogen) atoms. The van der Waals surface area contributed by atoms with Gasteiger partial charge in [-0.2, -0.15) is 4.31 Å². The van der Waals surface area contributed by atoms with E-state index in [4.69, 9.17) is 5.73 Å². The maximum Gasteiger partial charge on any atom is 0.324 e. The van der Waals surface area contributed by atoms with E-state index in [9.17, 15) is 32.7 Å². The smallest absolute Gasteiger partial charge is 0.324 e. The second-order valence-corrected chi connectivity index (χ2v) is 14.6. The topological polar surface area (TPSA) is 191 Å². The van der Waals surface area contributed by atoms with E-state index in [-0.39, 0.29) is 49.9 Å². The van der Waals surface area contributed by atoms with Crippen molar-refractivity contribution in [3.63, 3.8) is 0 Å². The number of nitrogens with one attached hydrogen (secondary N) is 3. The molecule has 0 aliphatic carbocycles. The summed E-state index contributed by atoms with van der Waals surface area (Å²) in [5, 5.41) is 20.0. The van der Waals surface area contributed by atoms with Gasteiger partial charge in [-0.25, -0.2) is 13.2 Å². The number of aliphatic hydroxyl groups excluding tert-OH is 1. The summed E-state index contributed by atoms with van der Waals surface area (Å²) in [6.45, 7) is 5.14. The first-order valence-corrected chi connectivity index (χ1v) is 18.3. The van der Waals surface area contributed by atoms with Gasteiger partial charge in [0.2, 0.25) is 27.7 Å². The molecule has 0 aromatic heterocycles. The van der Waals surface area contributed by atoms with Crippen LogP contribution in [0.5, 0.6) is 0 Å². The number of unbranched alkanes of at least 4 members (excludes halogenated alkanes) is 1. The Morgan fingerprint density at radius 3 is 2.24 bits per heavy atom. The Balaban J connectivity index is 1.65. The van der Waals surface area contributed by atoms with Gasteiger partial charge in [0.25, 0.3) is 0 Å². The Bertz CT molecular complexity index is 1720. The van der Waals surface area contributed by atoms with Gasteiger partial charge in [0.15, 0.2) is 0 Å². The number of anilines is 1. The zero-order chi connectivity index (χ0) is 36.8. The molecular formula is C36H50N6O7S. The molecule has 6 N–H and O–H groups in total. The highest BCUT2D eigenvalue weighted by Crippen LogP contribution is 2.23. The summed E-state index contributed by atoms with van der Waals surface area (Å²) in [6.07, 6.45) is 1.66. The molecule has 0 fully saturated rings. The van der Waals surface area contributed by atoms with Gasteiger partial charge in [0.05, 0.1) is 11.5 Å². The Hall–Kier alpha value is -4.53. The molecule has 14 heteroatoms. The number of urea groups is 1. The van der Waals surface area contributed by atoms with Crippen LogP contribution in [0.2, 0.25) is 0 Å². The van der Waals surface area contributed by atoms with Crippen molar-refractivity contribution in [1.82, 2.24) is 25.2 Å².